The maximum Gasteiger partial charge on any atom is 0.123 e. The third kappa shape index (κ3) is 3.24. The fourth-order valence-electron chi connectivity index (χ4n) is 2.53. The minimum atomic E-state index is 0.514. The first-order valence-electron chi connectivity index (χ1n) is 6.87. The van der Waals surface area contributed by atoms with Gasteiger partial charge in [-0.3, -0.25) is 4.90 Å². The van der Waals surface area contributed by atoms with Gasteiger partial charge in [-0.1, -0.05) is 18.2 Å². The molecule has 0 spiro atoms. The monoisotopic (exact) mass is 248 g/mol. The SMILES string of the molecule is CCOc1ccccc1CN(C)C(CN)C1CC1. The fourth-order valence-corrected chi connectivity index (χ4v) is 2.53. The maximum absolute atomic E-state index is 5.89. The second kappa shape index (κ2) is 6.21. The summed E-state index contributed by atoms with van der Waals surface area (Å²) in [5.74, 6) is 1.80. The summed E-state index contributed by atoms with van der Waals surface area (Å²) in [4.78, 5) is 2.37. The van der Waals surface area contributed by atoms with E-state index >= 15 is 0 Å². The van der Waals surface area contributed by atoms with Crippen LogP contribution in [0.15, 0.2) is 24.3 Å². The molecule has 18 heavy (non-hydrogen) atoms. The molecule has 0 aliphatic heterocycles. The predicted octanol–water partition coefficient (Wildman–Crippen LogP) is 2.25. The number of likely N-dealkylation sites (N-methyl/N-ethyl adjacent to an activating group) is 1. The Morgan fingerprint density at radius 3 is 2.72 bits per heavy atom. The number of nitrogens with two attached hydrogens (primary N) is 1. The van der Waals surface area contributed by atoms with E-state index in [1.54, 1.807) is 0 Å². The molecule has 0 heterocycles. The van der Waals surface area contributed by atoms with Gasteiger partial charge in [-0.2, -0.15) is 0 Å². The lowest BCUT2D eigenvalue weighted by atomic mass is 10.1. The molecule has 1 aliphatic carbocycles. The van der Waals surface area contributed by atoms with Crippen LogP contribution < -0.4 is 10.5 Å². The van der Waals surface area contributed by atoms with Crippen LogP contribution in [0.1, 0.15) is 25.3 Å². The zero-order valence-electron chi connectivity index (χ0n) is 11.4. The molecule has 1 aliphatic rings. The van der Waals surface area contributed by atoms with E-state index in [0.29, 0.717) is 12.6 Å². The summed E-state index contributed by atoms with van der Waals surface area (Å²) in [6.45, 7) is 4.39. The van der Waals surface area contributed by atoms with Crippen LogP contribution in [-0.4, -0.2) is 31.1 Å². The number of ether oxygens (including phenoxy) is 1. The van der Waals surface area contributed by atoms with Crippen molar-refractivity contribution in [3.63, 3.8) is 0 Å². The smallest absolute Gasteiger partial charge is 0.123 e. The van der Waals surface area contributed by atoms with Crippen LogP contribution in [0.4, 0.5) is 0 Å². The zero-order valence-corrected chi connectivity index (χ0v) is 11.4. The van der Waals surface area contributed by atoms with Gasteiger partial charge < -0.3 is 10.5 Å². The predicted molar refractivity (Wildman–Crippen MR) is 74.6 cm³/mol. The molecule has 3 heteroatoms. The Hall–Kier alpha value is -1.06. The van der Waals surface area contributed by atoms with Gasteiger partial charge in [-0.05, 0) is 38.8 Å². The summed E-state index contributed by atoms with van der Waals surface area (Å²) in [5, 5.41) is 0. The van der Waals surface area contributed by atoms with Crippen LogP contribution in [0.5, 0.6) is 5.75 Å². The van der Waals surface area contributed by atoms with E-state index in [2.05, 4.69) is 24.1 Å². The molecule has 1 aromatic carbocycles. The van der Waals surface area contributed by atoms with Gasteiger partial charge >= 0.3 is 0 Å². The van der Waals surface area contributed by atoms with Gasteiger partial charge in [0.15, 0.2) is 0 Å². The van der Waals surface area contributed by atoms with E-state index in [4.69, 9.17) is 10.5 Å². The van der Waals surface area contributed by atoms with E-state index in [-0.39, 0.29) is 0 Å². The minimum absolute atomic E-state index is 0.514. The minimum Gasteiger partial charge on any atom is -0.494 e. The lowest BCUT2D eigenvalue weighted by molar-refractivity contribution is 0.211. The molecule has 0 saturated heterocycles. The molecule has 2 rings (SSSR count). The molecule has 1 fully saturated rings. The molecule has 1 atom stereocenters. The Labute approximate surface area is 110 Å². The first-order valence-corrected chi connectivity index (χ1v) is 6.87. The summed E-state index contributed by atoms with van der Waals surface area (Å²) < 4.78 is 5.67. The second-order valence-corrected chi connectivity index (χ2v) is 5.10. The van der Waals surface area contributed by atoms with E-state index in [0.717, 1.165) is 24.8 Å². The van der Waals surface area contributed by atoms with Crippen LogP contribution in [0.3, 0.4) is 0 Å². The van der Waals surface area contributed by atoms with Crippen LogP contribution in [0.2, 0.25) is 0 Å². The van der Waals surface area contributed by atoms with Gasteiger partial charge in [-0.25, -0.2) is 0 Å². The normalized spacial score (nSPS) is 16.9. The molecular weight excluding hydrogens is 224 g/mol. The van der Waals surface area contributed by atoms with Gasteiger partial charge in [0.05, 0.1) is 6.61 Å². The van der Waals surface area contributed by atoms with Crippen molar-refractivity contribution >= 4 is 0 Å². The summed E-state index contributed by atoms with van der Waals surface area (Å²) >= 11 is 0. The van der Waals surface area contributed by atoms with Crippen molar-refractivity contribution in [2.75, 3.05) is 20.2 Å². The molecule has 2 N–H and O–H groups in total. The Morgan fingerprint density at radius 2 is 2.11 bits per heavy atom. The zero-order chi connectivity index (χ0) is 13.0. The van der Waals surface area contributed by atoms with E-state index < -0.39 is 0 Å². The van der Waals surface area contributed by atoms with Crippen LogP contribution in [0, 0.1) is 5.92 Å². The van der Waals surface area contributed by atoms with Crippen molar-refractivity contribution in [2.24, 2.45) is 11.7 Å². The van der Waals surface area contributed by atoms with Crippen molar-refractivity contribution in [1.82, 2.24) is 4.90 Å². The van der Waals surface area contributed by atoms with Gasteiger partial charge in [-0.15, -0.1) is 0 Å². The molecular formula is C15H24N2O. The maximum atomic E-state index is 5.89. The third-order valence-electron chi connectivity index (χ3n) is 3.67. The van der Waals surface area contributed by atoms with Crippen molar-refractivity contribution in [3.8, 4) is 5.75 Å². The molecule has 0 amide bonds. The van der Waals surface area contributed by atoms with E-state index in [9.17, 15) is 0 Å². The lowest BCUT2D eigenvalue weighted by Gasteiger charge is -2.27. The highest BCUT2D eigenvalue weighted by Gasteiger charge is 2.32. The molecule has 1 unspecified atom stereocenters. The van der Waals surface area contributed by atoms with Crippen LogP contribution in [0.25, 0.3) is 0 Å². The molecule has 0 bridgehead atoms. The van der Waals surface area contributed by atoms with Crippen molar-refractivity contribution in [2.45, 2.75) is 32.4 Å². The Morgan fingerprint density at radius 1 is 1.39 bits per heavy atom. The van der Waals surface area contributed by atoms with Crippen LogP contribution >= 0.6 is 0 Å². The van der Waals surface area contributed by atoms with E-state index in [1.165, 1.54) is 18.4 Å². The molecule has 0 aromatic heterocycles. The van der Waals surface area contributed by atoms with Crippen molar-refractivity contribution in [1.29, 1.82) is 0 Å². The molecule has 1 aromatic rings. The second-order valence-electron chi connectivity index (χ2n) is 5.10. The largest absolute Gasteiger partial charge is 0.494 e. The molecule has 0 radical (unpaired) electrons. The number of rotatable bonds is 7. The van der Waals surface area contributed by atoms with Crippen molar-refractivity contribution < 1.29 is 4.74 Å². The number of para-hydroxylation sites is 1. The summed E-state index contributed by atoms with van der Waals surface area (Å²) in [7, 11) is 2.17. The molecule has 3 nitrogen and oxygen atoms in total. The average Bonchev–Trinajstić information content (AvgIpc) is 3.17. The van der Waals surface area contributed by atoms with Gasteiger partial charge in [0, 0.05) is 24.7 Å². The highest BCUT2D eigenvalue weighted by atomic mass is 16.5. The number of hydrogen-bond donors (Lipinski definition) is 1. The number of nitrogens with zero attached hydrogens (tertiary/aromatic N) is 1. The van der Waals surface area contributed by atoms with E-state index in [1.807, 2.05) is 19.1 Å². The Kier molecular flexibility index (Phi) is 4.61. The first-order chi connectivity index (χ1) is 8.76. The quantitative estimate of drug-likeness (QED) is 0.804. The average molecular weight is 248 g/mol. The van der Waals surface area contributed by atoms with Gasteiger partial charge in [0.25, 0.3) is 0 Å². The van der Waals surface area contributed by atoms with Gasteiger partial charge in [0.1, 0.15) is 5.75 Å². The fraction of sp³-hybridized carbons (Fsp3) is 0.600. The Balaban J connectivity index is 2.03. The Bertz CT molecular complexity index is 377. The van der Waals surface area contributed by atoms with Gasteiger partial charge in [0.2, 0.25) is 0 Å². The van der Waals surface area contributed by atoms with Crippen molar-refractivity contribution in [3.05, 3.63) is 29.8 Å². The topological polar surface area (TPSA) is 38.5 Å². The summed E-state index contributed by atoms with van der Waals surface area (Å²) in [5.41, 5.74) is 7.14. The number of hydrogen-bond acceptors (Lipinski definition) is 3. The third-order valence-corrected chi connectivity index (χ3v) is 3.67. The number of benzene rings is 1. The standard InChI is InChI=1S/C15H24N2O/c1-3-18-15-7-5-4-6-13(15)11-17(2)14(10-16)12-8-9-12/h4-7,12,14H,3,8-11,16H2,1-2H3. The molecule has 100 valence electrons. The summed E-state index contributed by atoms with van der Waals surface area (Å²) in [6, 6.07) is 8.79. The van der Waals surface area contributed by atoms with Crippen LogP contribution in [-0.2, 0) is 6.54 Å². The summed E-state index contributed by atoms with van der Waals surface area (Å²) in [6.07, 6.45) is 2.67. The molecule has 1 saturated carbocycles. The lowest BCUT2D eigenvalue weighted by Crippen LogP contribution is -2.39. The highest BCUT2D eigenvalue weighted by Crippen LogP contribution is 2.35. The first kappa shape index (κ1) is 13.4. The highest BCUT2D eigenvalue weighted by molar-refractivity contribution is 5.33.